The van der Waals surface area contributed by atoms with Crippen molar-refractivity contribution in [3.05, 3.63) is 34.7 Å². The summed E-state index contributed by atoms with van der Waals surface area (Å²) in [5.41, 5.74) is 1.04. The SMILES string of the molecule is O=Nc1ccc(C(=O)CN2CC3CCCC3C2)cc1. The van der Waals surface area contributed by atoms with Gasteiger partial charge in [0.1, 0.15) is 5.69 Å². The van der Waals surface area contributed by atoms with Crippen LogP contribution in [0.5, 0.6) is 0 Å². The number of likely N-dealkylation sites (tertiary alicyclic amines) is 1. The lowest BCUT2D eigenvalue weighted by atomic mass is 10.0. The number of benzene rings is 1. The Balaban J connectivity index is 1.60. The number of hydrogen-bond donors (Lipinski definition) is 0. The van der Waals surface area contributed by atoms with Gasteiger partial charge in [0.2, 0.25) is 0 Å². The van der Waals surface area contributed by atoms with Gasteiger partial charge in [-0.05, 0) is 54.1 Å². The highest BCUT2D eigenvalue weighted by Crippen LogP contribution is 2.37. The van der Waals surface area contributed by atoms with Crippen LogP contribution in [0.4, 0.5) is 5.69 Å². The molecule has 3 rings (SSSR count). The van der Waals surface area contributed by atoms with Crippen LogP contribution in [0.1, 0.15) is 29.6 Å². The largest absolute Gasteiger partial charge is 0.295 e. The van der Waals surface area contributed by atoms with Gasteiger partial charge in [0.15, 0.2) is 5.78 Å². The van der Waals surface area contributed by atoms with Gasteiger partial charge in [0.25, 0.3) is 0 Å². The van der Waals surface area contributed by atoms with E-state index in [9.17, 15) is 9.70 Å². The predicted molar refractivity (Wildman–Crippen MR) is 73.5 cm³/mol. The van der Waals surface area contributed by atoms with Crippen molar-refractivity contribution in [2.75, 3.05) is 19.6 Å². The second kappa shape index (κ2) is 5.21. The topological polar surface area (TPSA) is 49.7 Å². The van der Waals surface area contributed by atoms with Crippen LogP contribution in [0.2, 0.25) is 0 Å². The Kier molecular flexibility index (Phi) is 3.42. The molecule has 1 saturated heterocycles. The van der Waals surface area contributed by atoms with Crippen LogP contribution in [-0.4, -0.2) is 30.3 Å². The minimum Gasteiger partial charge on any atom is -0.295 e. The maximum Gasteiger partial charge on any atom is 0.176 e. The maximum absolute atomic E-state index is 12.2. The number of fused-ring (bicyclic) bond motifs is 1. The standard InChI is InChI=1S/C15H18N2O2/c18-15(11-4-6-14(16-19)7-5-11)10-17-8-12-2-1-3-13(12)9-17/h4-7,12-13H,1-3,8-10H2. The fourth-order valence-corrected chi connectivity index (χ4v) is 3.46. The molecule has 4 heteroatoms. The summed E-state index contributed by atoms with van der Waals surface area (Å²) < 4.78 is 0. The molecule has 2 unspecified atom stereocenters. The Morgan fingerprint density at radius 2 is 1.79 bits per heavy atom. The van der Waals surface area contributed by atoms with Crippen molar-refractivity contribution in [2.24, 2.45) is 17.0 Å². The fourth-order valence-electron chi connectivity index (χ4n) is 3.46. The van der Waals surface area contributed by atoms with Crippen LogP contribution in [0.25, 0.3) is 0 Å². The lowest BCUT2D eigenvalue weighted by molar-refractivity contribution is 0.0941. The molecule has 1 aromatic rings. The molecule has 0 N–H and O–H groups in total. The first-order valence-corrected chi connectivity index (χ1v) is 6.95. The van der Waals surface area contributed by atoms with Crippen molar-refractivity contribution in [1.82, 2.24) is 4.90 Å². The molecule has 4 nitrogen and oxygen atoms in total. The molecule has 0 bridgehead atoms. The quantitative estimate of drug-likeness (QED) is 0.616. The summed E-state index contributed by atoms with van der Waals surface area (Å²) in [6.07, 6.45) is 4.02. The molecule has 2 fully saturated rings. The fraction of sp³-hybridized carbons (Fsp3) is 0.533. The van der Waals surface area contributed by atoms with Crippen molar-refractivity contribution < 1.29 is 4.79 Å². The van der Waals surface area contributed by atoms with E-state index in [0.29, 0.717) is 17.8 Å². The van der Waals surface area contributed by atoms with E-state index in [2.05, 4.69) is 10.1 Å². The van der Waals surface area contributed by atoms with Gasteiger partial charge in [-0.1, -0.05) is 6.42 Å². The van der Waals surface area contributed by atoms with Crippen molar-refractivity contribution in [3.8, 4) is 0 Å². The van der Waals surface area contributed by atoms with E-state index in [4.69, 9.17) is 0 Å². The molecule has 0 spiro atoms. The first kappa shape index (κ1) is 12.5. The molecule has 100 valence electrons. The predicted octanol–water partition coefficient (Wildman–Crippen LogP) is 3.00. The Labute approximate surface area is 112 Å². The third-order valence-electron chi connectivity index (χ3n) is 4.46. The number of carbonyl (C=O) groups is 1. The number of nitroso groups, excluding NO2 is 1. The van der Waals surface area contributed by atoms with Gasteiger partial charge >= 0.3 is 0 Å². The van der Waals surface area contributed by atoms with Crippen molar-refractivity contribution >= 4 is 11.5 Å². The minimum atomic E-state index is 0.137. The van der Waals surface area contributed by atoms with Crippen LogP contribution in [0, 0.1) is 16.7 Å². The zero-order chi connectivity index (χ0) is 13.2. The molecule has 0 radical (unpaired) electrons. The summed E-state index contributed by atoms with van der Waals surface area (Å²) in [5, 5.41) is 2.84. The smallest absolute Gasteiger partial charge is 0.176 e. The number of nitrogens with zero attached hydrogens (tertiary/aromatic N) is 2. The monoisotopic (exact) mass is 258 g/mol. The van der Waals surface area contributed by atoms with Crippen LogP contribution in [0.15, 0.2) is 29.4 Å². The molecule has 1 heterocycles. The average molecular weight is 258 g/mol. The molecule has 1 aromatic carbocycles. The molecular weight excluding hydrogens is 240 g/mol. The van der Waals surface area contributed by atoms with Gasteiger partial charge in [0.05, 0.1) is 6.54 Å². The molecule has 1 saturated carbocycles. The first-order chi connectivity index (χ1) is 9.26. The van der Waals surface area contributed by atoms with Crippen molar-refractivity contribution in [1.29, 1.82) is 0 Å². The number of carbonyl (C=O) groups excluding carboxylic acids is 1. The zero-order valence-electron chi connectivity index (χ0n) is 10.9. The van der Waals surface area contributed by atoms with Crippen LogP contribution in [0.3, 0.4) is 0 Å². The van der Waals surface area contributed by atoms with Gasteiger partial charge < -0.3 is 0 Å². The van der Waals surface area contributed by atoms with Crippen LogP contribution in [-0.2, 0) is 0 Å². The van der Waals surface area contributed by atoms with E-state index in [1.807, 2.05) is 0 Å². The summed E-state index contributed by atoms with van der Waals surface area (Å²) in [5.74, 6) is 1.77. The number of hydrogen-bond acceptors (Lipinski definition) is 4. The zero-order valence-corrected chi connectivity index (χ0v) is 10.9. The highest BCUT2D eigenvalue weighted by atomic mass is 16.3. The van der Waals surface area contributed by atoms with Crippen LogP contribution < -0.4 is 0 Å². The molecule has 0 amide bonds. The Morgan fingerprint density at radius 3 is 2.37 bits per heavy atom. The van der Waals surface area contributed by atoms with E-state index in [0.717, 1.165) is 24.9 Å². The Morgan fingerprint density at radius 1 is 1.16 bits per heavy atom. The molecule has 2 aliphatic rings. The van der Waals surface area contributed by atoms with E-state index in [-0.39, 0.29) is 5.78 Å². The van der Waals surface area contributed by atoms with E-state index in [1.165, 1.54) is 19.3 Å². The second-order valence-corrected chi connectivity index (χ2v) is 5.71. The number of rotatable bonds is 4. The highest BCUT2D eigenvalue weighted by molar-refractivity contribution is 5.97. The maximum atomic E-state index is 12.2. The Bertz CT molecular complexity index is 471. The van der Waals surface area contributed by atoms with Crippen molar-refractivity contribution in [2.45, 2.75) is 19.3 Å². The summed E-state index contributed by atoms with van der Waals surface area (Å²) in [6.45, 7) is 2.65. The third-order valence-corrected chi connectivity index (χ3v) is 4.46. The second-order valence-electron chi connectivity index (χ2n) is 5.71. The summed E-state index contributed by atoms with van der Waals surface area (Å²) in [7, 11) is 0. The molecule has 1 aliphatic heterocycles. The molecule has 0 aromatic heterocycles. The molecule has 2 atom stereocenters. The minimum absolute atomic E-state index is 0.137. The number of Topliss-reactive ketones (excluding diaryl/α,β-unsaturated/α-hetero) is 1. The number of ketones is 1. The molecule has 1 aliphatic carbocycles. The van der Waals surface area contributed by atoms with Gasteiger partial charge in [-0.2, -0.15) is 0 Å². The summed E-state index contributed by atoms with van der Waals surface area (Å²) >= 11 is 0. The van der Waals surface area contributed by atoms with Crippen molar-refractivity contribution in [3.63, 3.8) is 0 Å². The highest BCUT2D eigenvalue weighted by Gasteiger charge is 2.36. The van der Waals surface area contributed by atoms with E-state index >= 15 is 0 Å². The van der Waals surface area contributed by atoms with Gasteiger partial charge in [-0.25, -0.2) is 0 Å². The van der Waals surface area contributed by atoms with E-state index < -0.39 is 0 Å². The first-order valence-electron chi connectivity index (χ1n) is 6.95. The normalized spacial score (nSPS) is 26.3. The summed E-state index contributed by atoms with van der Waals surface area (Å²) in [6, 6.07) is 6.57. The Hall–Kier alpha value is -1.55. The summed E-state index contributed by atoms with van der Waals surface area (Å²) in [4.78, 5) is 24.8. The lowest BCUT2D eigenvalue weighted by Gasteiger charge is -2.15. The molecule has 19 heavy (non-hydrogen) atoms. The van der Waals surface area contributed by atoms with Gasteiger partial charge in [0, 0.05) is 18.7 Å². The lowest BCUT2D eigenvalue weighted by Crippen LogP contribution is -2.28. The van der Waals surface area contributed by atoms with E-state index in [1.54, 1.807) is 24.3 Å². The average Bonchev–Trinajstić information content (AvgIpc) is 2.99. The van der Waals surface area contributed by atoms with Gasteiger partial charge in [-0.15, -0.1) is 4.91 Å². The van der Waals surface area contributed by atoms with Gasteiger partial charge in [-0.3, -0.25) is 9.69 Å². The molecular formula is C15H18N2O2. The third kappa shape index (κ3) is 2.59. The van der Waals surface area contributed by atoms with Crippen LogP contribution >= 0.6 is 0 Å².